The lowest BCUT2D eigenvalue weighted by Gasteiger charge is -2.19. The fraction of sp³-hybridized carbons (Fsp3) is 0.538. The van der Waals surface area contributed by atoms with Crippen molar-refractivity contribution < 1.29 is 13.5 Å². The standard InChI is InChI=1S/C13H21NO3S/c1-13(2,3)11-4-6-12(7-5-11)18(16,17)10-14-8-9-15/h4-7,14-15H,8-10H2,1-3H3. The van der Waals surface area contributed by atoms with Crippen molar-refractivity contribution in [3.8, 4) is 0 Å². The minimum atomic E-state index is -3.32. The van der Waals surface area contributed by atoms with Crippen LogP contribution in [0.3, 0.4) is 0 Å². The largest absolute Gasteiger partial charge is 0.395 e. The van der Waals surface area contributed by atoms with Crippen molar-refractivity contribution in [1.82, 2.24) is 5.32 Å². The van der Waals surface area contributed by atoms with E-state index in [1.807, 2.05) is 12.1 Å². The van der Waals surface area contributed by atoms with Gasteiger partial charge in [0.15, 0.2) is 9.84 Å². The van der Waals surface area contributed by atoms with Crippen molar-refractivity contribution in [3.63, 3.8) is 0 Å². The van der Waals surface area contributed by atoms with E-state index < -0.39 is 9.84 Å². The van der Waals surface area contributed by atoms with Crippen LogP contribution in [-0.4, -0.2) is 32.6 Å². The number of aliphatic hydroxyl groups is 1. The van der Waals surface area contributed by atoms with Crippen molar-refractivity contribution in [3.05, 3.63) is 29.8 Å². The van der Waals surface area contributed by atoms with Gasteiger partial charge in [-0.1, -0.05) is 32.9 Å². The molecule has 5 heteroatoms. The third kappa shape index (κ3) is 4.08. The molecule has 0 radical (unpaired) electrons. The van der Waals surface area contributed by atoms with Gasteiger partial charge in [-0.05, 0) is 23.1 Å². The maximum atomic E-state index is 11.9. The van der Waals surface area contributed by atoms with Crippen molar-refractivity contribution >= 4 is 9.84 Å². The average Bonchev–Trinajstić information content (AvgIpc) is 2.28. The molecule has 1 rings (SSSR count). The van der Waals surface area contributed by atoms with Gasteiger partial charge in [-0.2, -0.15) is 0 Å². The number of benzene rings is 1. The average molecular weight is 271 g/mol. The van der Waals surface area contributed by atoms with Crippen LogP contribution < -0.4 is 5.32 Å². The van der Waals surface area contributed by atoms with E-state index in [4.69, 9.17) is 5.11 Å². The van der Waals surface area contributed by atoms with Crippen molar-refractivity contribution in [2.24, 2.45) is 0 Å². The first kappa shape index (κ1) is 15.1. The number of rotatable bonds is 5. The second-order valence-electron chi connectivity index (χ2n) is 5.26. The Bertz CT molecular complexity index is 472. The summed E-state index contributed by atoms with van der Waals surface area (Å²) < 4.78 is 23.8. The van der Waals surface area contributed by atoms with E-state index in [-0.39, 0.29) is 24.4 Å². The van der Waals surface area contributed by atoms with Crippen LogP contribution in [0, 0.1) is 0 Å². The molecule has 0 heterocycles. The molecule has 0 spiro atoms. The van der Waals surface area contributed by atoms with E-state index in [1.54, 1.807) is 12.1 Å². The molecule has 0 atom stereocenters. The fourth-order valence-corrected chi connectivity index (χ4v) is 2.66. The molecule has 1 aromatic rings. The summed E-state index contributed by atoms with van der Waals surface area (Å²) in [5.41, 5.74) is 1.11. The molecule has 0 aliphatic carbocycles. The van der Waals surface area contributed by atoms with E-state index in [9.17, 15) is 8.42 Å². The summed E-state index contributed by atoms with van der Waals surface area (Å²) in [4.78, 5) is 0.306. The first-order chi connectivity index (χ1) is 8.27. The summed E-state index contributed by atoms with van der Waals surface area (Å²) in [5, 5.41) is 11.3. The number of sulfone groups is 1. The van der Waals surface area contributed by atoms with Crippen LogP contribution in [0.5, 0.6) is 0 Å². The molecule has 0 aromatic heterocycles. The molecule has 0 amide bonds. The Kier molecular flexibility index (Phi) is 4.90. The van der Waals surface area contributed by atoms with Gasteiger partial charge >= 0.3 is 0 Å². The van der Waals surface area contributed by atoms with Crippen molar-refractivity contribution in [1.29, 1.82) is 0 Å². The second-order valence-corrected chi connectivity index (χ2v) is 7.25. The Morgan fingerprint density at radius 2 is 1.72 bits per heavy atom. The van der Waals surface area contributed by atoms with Gasteiger partial charge < -0.3 is 10.4 Å². The predicted octanol–water partition coefficient (Wildman–Crippen LogP) is 1.30. The summed E-state index contributed by atoms with van der Waals surface area (Å²) in [6.07, 6.45) is 0. The lowest BCUT2D eigenvalue weighted by atomic mass is 9.87. The smallest absolute Gasteiger partial charge is 0.191 e. The van der Waals surface area contributed by atoms with E-state index in [2.05, 4.69) is 26.1 Å². The van der Waals surface area contributed by atoms with Crippen LogP contribution in [0.2, 0.25) is 0 Å². The summed E-state index contributed by atoms with van der Waals surface area (Å²) in [6.45, 7) is 6.45. The first-order valence-corrected chi connectivity index (χ1v) is 7.57. The van der Waals surface area contributed by atoms with E-state index in [0.29, 0.717) is 4.90 Å². The quantitative estimate of drug-likeness (QED) is 0.792. The normalized spacial score (nSPS) is 12.7. The van der Waals surface area contributed by atoms with Crippen LogP contribution in [0.25, 0.3) is 0 Å². The number of hydrogen-bond acceptors (Lipinski definition) is 4. The van der Waals surface area contributed by atoms with Gasteiger partial charge in [-0.25, -0.2) is 8.42 Å². The first-order valence-electron chi connectivity index (χ1n) is 5.92. The highest BCUT2D eigenvalue weighted by Crippen LogP contribution is 2.23. The number of nitrogens with one attached hydrogen (secondary N) is 1. The summed E-state index contributed by atoms with van der Waals surface area (Å²) in [6, 6.07) is 6.96. The van der Waals surface area contributed by atoms with Gasteiger partial charge in [-0.3, -0.25) is 0 Å². The van der Waals surface area contributed by atoms with Crippen molar-refractivity contribution in [2.75, 3.05) is 19.0 Å². The van der Waals surface area contributed by atoms with Gasteiger partial charge in [0.1, 0.15) is 5.88 Å². The molecule has 0 bridgehead atoms. The molecule has 0 saturated carbocycles. The zero-order valence-electron chi connectivity index (χ0n) is 11.1. The molecule has 1 aromatic carbocycles. The Labute approximate surface area is 109 Å². The third-order valence-electron chi connectivity index (χ3n) is 2.66. The SMILES string of the molecule is CC(C)(C)c1ccc(S(=O)(=O)CNCCO)cc1. The van der Waals surface area contributed by atoms with Crippen LogP contribution in [0.4, 0.5) is 0 Å². The van der Waals surface area contributed by atoms with Crippen molar-refractivity contribution in [2.45, 2.75) is 31.1 Å². The Morgan fingerprint density at radius 3 is 2.17 bits per heavy atom. The van der Waals surface area contributed by atoms with Crippen LogP contribution >= 0.6 is 0 Å². The van der Waals surface area contributed by atoms with Gasteiger partial charge in [0, 0.05) is 6.54 Å². The van der Waals surface area contributed by atoms with Gasteiger partial charge in [-0.15, -0.1) is 0 Å². The highest BCUT2D eigenvalue weighted by molar-refractivity contribution is 7.91. The van der Waals surface area contributed by atoms with Crippen LogP contribution in [-0.2, 0) is 15.3 Å². The Hall–Kier alpha value is -0.910. The third-order valence-corrected chi connectivity index (χ3v) is 4.23. The molecule has 0 unspecified atom stereocenters. The molecule has 0 fully saturated rings. The number of aliphatic hydroxyl groups excluding tert-OH is 1. The van der Waals surface area contributed by atoms with Gasteiger partial charge in [0.25, 0.3) is 0 Å². The number of hydrogen-bond donors (Lipinski definition) is 2. The molecule has 0 saturated heterocycles. The minimum absolute atomic E-state index is 0.0113. The van der Waals surface area contributed by atoms with E-state index >= 15 is 0 Å². The summed E-state index contributed by atoms with van der Waals surface area (Å²) in [5.74, 6) is -0.150. The summed E-state index contributed by atoms with van der Waals surface area (Å²) >= 11 is 0. The topological polar surface area (TPSA) is 66.4 Å². The summed E-state index contributed by atoms with van der Waals surface area (Å²) in [7, 11) is -3.32. The van der Waals surface area contributed by atoms with Crippen LogP contribution in [0.15, 0.2) is 29.2 Å². The highest BCUT2D eigenvalue weighted by Gasteiger charge is 2.17. The Balaban J connectivity index is 2.85. The molecular weight excluding hydrogens is 250 g/mol. The molecule has 2 N–H and O–H groups in total. The molecule has 0 aliphatic heterocycles. The highest BCUT2D eigenvalue weighted by atomic mass is 32.2. The lowest BCUT2D eigenvalue weighted by Crippen LogP contribution is -2.26. The van der Waals surface area contributed by atoms with Gasteiger partial charge in [0.05, 0.1) is 11.5 Å². The molecule has 18 heavy (non-hydrogen) atoms. The molecule has 0 aliphatic rings. The zero-order valence-corrected chi connectivity index (χ0v) is 11.9. The predicted molar refractivity (Wildman–Crippen MR) is 72.3 cm³/mol. The lowest BCUT2D eigenvalue weighted by molar-refractivity contribution is 0.295. The second kappa shape index (κ2) is 5.82. The van der Waals surface area contributed by atoms with E-state index in [1.165, 1.54) is 0 Å². The maximum Gasteiger partial charge on any atom is 0.191 e. The van der Waals surface area contributed by atoms with E-state index in [0.717, 1.165) is 5.56 Å². The van der Waals surface area contributed by atoms with Crippen LogP contribution in [0.1, 0.15) is 26.3 Å². The molecular formula is C13H21NO3S. The fourth-order valence-electron chi connectivity index (χ4n) is 1.53. The molecule has 102 valence electrons. The minimum Gasteiger partial charge on any atom is -0.395 e. The Morgan fingerprint density at radius 1 is 1.17 bits per heavy atom. The molecule has 4 nitrogen and oxygen atoms in total. The maximum absolute atomic E-state index is 11.9. The zero-order chi connectivity index (χ0) is 13.8. The van der Waals surface area contributed by atoms with Gasteiger partial charge in [0.2, 0.25) is 0 Å². The monoisotopic (exact) mass is 271 g/mol.